The van der Waals surface area contributed by atoms with Crippen LogP contribution in [0.2, 0.25) is 0 Å². The molecule has 2 rings (SSSR count). The maximum atomic E-state index is 11.6. The SMILES string of the molecule is Cc1cc(NC(=O)NCOc2cccc(C)c2C)no1. The van der Waals surface area contributed by atoms with E-state index in [0.29, 0.717) is 11.6 Å². The van der Waals surface area contributed by atoms with E-state index >= 15 is 0 Å². The first kappa shape index (κ1) is 13.9. The Hall–Kier alpha value is -2.50. The van der Waals surface area contributed by atoms with Crippen molar-refractivity contribution in [2.45, 2.75) is 20.8 Å². The van der Waals surface area contributed by atoms with Gasteiger partial charge in [-0.2, -0.15) is 0 Å². The van der Waals surface area contributed by atoms with Crippen LogP contribution in [-0.2, 0) is 0 Å². The van der Waals surface area contributed by atoms with Crippen molar-refractivity contribution >= 4 is 11.8 Å². The fourth-order valence-corrected chi connectivity index (χ4v) is 1.65. The molecule has 0 unspecified atom stereocenters. The quantitative estimate of drug-likeness (QED) is 0.841. The van der Waals surface area contributed by atoms with Gasteiger partial charge in [-0.05, 0) is 38.0 Å². The number of carbonyl (C=O) groups excluding carboxylic acids is 1. The van der Waals surface area contributed by atoms with Gasteiger partial charge in [-0.1, -0.05) is 17.3 Å². The first-order valence-electron chi connectivity index (χ1n) is 6.23. The second kappa shape index (κ2) is 6.10. The number of carbonyl (C=O) groups is 1. The normalized spacial score (nSPS) is 10.2. The lowest BCUT2D eigenvalue weighted by Crippen LogP contribution is -2.32. The lowest BCUT2D eigenvalue weighted by atomic mass is 10.1. The number of benzene rings is 1. The first-order chi connectivity index (χ1) is 9.56. The fourth-order valence-electron chi connectivity index (χ4n) is 1.65. The number of hydrogen-bond donors (Lipinski definition) is 2. The fraction of sp³-hybridized carbons (Fsp3) is 0.286. The van der Waals surface area contributed by atoms with E-state index in [1.54, 1.807) is 13.0 Å². The van der Waals surface area contributed by atoms with Gasteiger partial charge in [-0.15, -0.1) is 0 Å². The number of aromatic nitrogens is 1. The Balaban J connectivity index is 1.81. The average molecular weight is 275 g/mol. The second-order valence-corrected chi connectivity index (χ2v) is 4.44. The highest BCUT2D eigenvalue weighted by Gasteiger charge is 2.06. The molecule has 106 valence electrons. The van der Waals surface area contributed by atoms with Crippen molar-refractivity contribution in [3.63, 3.8) is 0 Å². The van der Waals surface area contributed by atoms with Crippen molar-refractivity contribution in [2.75, 3.05) is 12.0 Å². The van der Waals surface area contributed by atoms with Gasteiger partial charge >= 0.3 is 6.03 Å². The van der Waals surface area contributed by atoms with Crippen LogP contribution in [-0.4, -0.2) is 17.9 Å². The molecule has 0 bridgehead atoms. The highest BCUT2D eigenvalue weighted by molar-refractivity contribution is 5.87. The topological polar surface area (TPSA) is 76.4 Å². The van der Waals surface area contributed by atoms with Crippen LogP contribution < -0.4 is 15.4 Å². The Bertz CT molecular complexity index is 607. The van der Waals surface area contributed by atoms with E-state index in [9.17, 15) is 4.79 Å². The maximum absolute atomic E-state index is 11.6. The van der Waals surface area contributed by atoms with Gasteiger partial charge in [0.25, 0.3) is 0 Å². The van der Waals surface area contributed by atoms with E-state index in [-0.39, 0.29) is 6.73 Å². The number of amides is 2. The summed E-state index contributed by atoms with van der Waals surface area (Å²) >= 11 is 0. The van der Waals surface area contributed by atoms with Crippen LogP contribution in [0.5, 0.6) is 5.75 Å². The highest BCUT2D eigenvalue weighted by Crippen LogP contribution is 2.20. The third-order valence-corrected chi connectivity index (χ3v) is 2.88. The minimum Gasteiger partial charge on any atom is -0.473 e. The predicted octanol–water partition coefficient (Wildman–Crippen LogP) is 2.76. The monoisotopic (exact) mass is 275 g/mol. The van der Waals surface area contributed by atoms with Crippen molar-refractivity contribution in [3.05, 3.63) is 41.2 Å². The molecule has 0 atom stereocenters. The summed E-state index contributed by atoms with van der Waals surface area (Å²) in [6.45, 7) is 5.81. The molecule has 0 saturated heterocycles. The third kappa shape index (κ3) is 3.50. The number of aryl methyl sites for hydroxylation is 2. The van der Waals surface area contributed by atoms with Gasteiger partial charge in [0.1, 0.15) is 11.5 Å². The molecule has 2 aromatic rings. The van der Waals surface area contributed by atoms with Gasteiger partial charge in [-0.3, -0.25) is 5.32 Å². The smallest absolute Gasteiger partial charge is 0.323 e. The minimum absolute atomic E-state index is 0.0763. The maximum Gasteiger partial charge on any atom is 0.323 e. The molecule has 1 aromatic heterocycles. The van der Waals surface area contributed by atoms with E-state index in [2.05, 4.69) is 15.8 Å². The number of nitrogens with zero attached hydrogens (tertiary/aromatic N) is 1. The Morgan fingerprint density at radius 3 is 2.85 bits per heavy atom. The minimum atomic E-state index is -0.399. The number of nitrogens with one attached hydrogen (secondary N) is 2. The summed E-state index contributed by atoms with van der Waals surface area (Å²) < 4.78 is 10.4. The molecule has 6 heteroatoms. The van der Waals surface area contributed by atoms with Gasteiger partial charge in [0.15, 0.2) is 12.5 Å². The summed E-state index contributed by atoms with van der Waals surface area (Å²) in [5.74, 6) is 1.75. The van der Waals surface area contributed by atoms with Crippen LogP contribution in [0.3, 0.4) is 0 Å². The summed E-state index contributed by atoms with van der Waals surface area (Å²) in [7, 11) is 0. The number of anilines is 1. The van der Waals surface area contributed by atoms with Gasteiger partial charge in [0.2, 0.25) is 0 Å². The Morgan fingerprint density at radius 2 is 2.15 bits per heavy atom. The predicted molar refractivity (Wildman–Crippen MR) is 74.8 cm³/mol. The van der Waals surface area contributed by atoms with Crippen molar-refractivity contribution < 1.29 is 14.1 Å². The zero-order valence-electron chi connectivity index (χ0n) is 11.7. The lowest BCUT2D eigenvalue weighted by Gasteiger charge is -2.11. The zero-order valence-corrected chi connectivity index (χ0v) is 11.7. The van der Waals surface area contributed by atoms with Crippen LogP contribution in [0.15, 0.2) is 28.8 Å². The number of hydrogen-bond acceptors (Lipinski definition) is 4. The summed E-state index contributed by atoms with van der Waals surface area (Å²) in [4.78, 5) is 11.6. The first-order valence-corrected chi connectivity index (χ1v) is 6.23. The van der Waals surface area contributed by atoms with Crippen molar-refractivity contribution in [1.82, 2.24) is 10.5 Å². The molecule has 0 aliphatic carbocycles. The van der Waals surface area contributed by atoms with Crippen LogP contribution in [0, 0.1) is 20.8 Å². The van der Waals surface area contributed by atoms with Gasteiger partial charge in [0, 0.05) is 6.07 Å². The Labute approximate surface area is 117 Å². The molecule has 1 heterocycles. The Kier molecular flexibility index (Phi) is 4.24. The Morgan fingerprint density at radius 1 is 1.35 bits per heavy atom. The summed E-state index contributed by atoms with van der Waals surface area (Å²) in [6, 6.07) is 7.02. The van der Waals surface area contributed by atoms with Crippen LogP contribution in [0.1, 0.15) is 16.9 Å². The van der Waals surface area contributed by atoms with Crippen molar-refractivity contribution in [2.24, 2.45) is 0 Å². The third-order valence-electron chi connectivity index (χ3n) is 2.88. The average Bonchev–Trinajstić information content (AvgIpc) is 2.80. The molecule has 1 aromatic carbocycles. The largest absolute Gasteiger partial charge is 0.473 e. The molecule has 0 aliphatic heterocycles. The second-order valence-electron chi connectivity index (χ2n) is 4.44. The van der Waals surface area contributed by atoms with E-state index in [0.717, 1.165) is 16.9 Å². The van der Waals surface area contributed by atoms with Crippen molar-refractivity contribution in [1.29, 1.82) is 0 Å². The molecule has 0 aliphatic rings. The summed E-state index contributed by atoms with van der Waals surface area (Å²) in [6.07, 6.45) is 0. The molecule has 0 spiro atoms. The molecule has 6 nitrogen and oxygen atoms in total. The lowest BCUT2D eigenvalue weighted by molar-refractivity contribution is 0.234. The molecule has 0 saturated carbocycles. The van der Waals surface area contributed by atoms with E-state index in [1.807, 2.05) is 32.0 Å². The number of urea groups is 1. The van der Waals surface area contributed by atoms with E-state index in [1.165, 1.54) is 0 Å². The van der Waals surface area contributed by atoms with Gasteiger partial charge < -0.3 is 14.6 Å². The van der Waals surface area contributed by atoms with E-state index < -0.39 is 6.03 Å². The highest BCUT2D eigenvalue weighted by atomic mass is 16.5. The van der Waals surface area contributed by atoms with Gasteiger partial charge in [0.05, 0.1) is 0 Å². The number of rotatable bonds is 4. The van der Waals surface area contributed by atoms with Gasteiger partial charge in [-0.25, -0.2) is 4.79 Å². The van der Waals surface area contributed by atoms with Crippen LogP contribution >= 0.6 is 0 Å². The molecular weight excluding hydrogens is 258 g/mol. The molecule has 20 heavy (non-hydrogen) atoms. The molecule has 0 fully saturated rings. The molecule has 2 amide bonds. The summed E-state index contributed by atoms with van der Waals surface area (Å²) in [5, 5.41) is 8.78. The molecule has 0 radical (unpaired) electrons. The van der Waals surface area contributed by atoms with Crippen molar-refractivity contribution in [3.8, 4) is 5.75 Å². The van der Waals surface area contributed by atoms with Crippen LogP contribution in [0.4, 0.5) is 10.6 Å². The molecule has 2 N–H and O–H groups in total. The molecular formula is C14H17N3O3. The number of ether oxygens (including phenoxy) is 1. The van der Waals surface area contributed by atoms with Crippen LogP contribution in [0.25, 0.3) is 0 Å². The zero-order chi connectivity index (χ0) is 14.5. The summed E-state index contributed by atoms with van der Waals surface area (Å²) in [5.41, 5.74) is 2.20. The standard InChI is InChI=1S/C14H17N3O3/c1-9-5-4-6-12(11(9)3)19-8-15-14(18)16-13-7-10(2)20-17-13/h4-7H,8H2,1-3H3,(H2,15,16,17,18). The van der Waals surface area contributed by atoms with E-state index in [4.69, 9.17) is 9.26 Å².